The second-order valence-corrected chi connectivity index (χ2v) is 9.67. The molecule has 0 aliphatic carbocycles. The Balaban J connectivity index is 2.03. The molecule has 0 unspecified atom stereocenters. The summed E-state index contributed by atoms with van der Waals surface area (Å²) in [5.74, 6) is 1.41. The van der Waals surface area contributed by atoms with Crippen LogP contribution in [0.5, 0.6) is 5.75 Å². The van der Waals surface area contributed by atoms with E-state index in [0.717, 1.165) is 15.9 Å². The minimum Gasteiger partial charge on any atom is -0.480 e. The van der Waals surface area contributed by atoms with Gasteiger partial charge in [0.1, 0.15) is 12.4 Å². The van der Waals surface area contributed by atoms with Gasteiger partial charge in [0.2, 0.25) is 0 Å². The second-order valence-electron chi connectivity index (χ2n) is 7.79. The van der Waals surface area contributed by atoms with Crippen molar-refractivity contribution in [3.8, 4) is 18.1 Å². The van der Waals surface area contributed by atoms with E-state index in [-0.39, 0.29) is 28.1 Å². The third-order valence-corrected chi connectivity index (χ3v) is 6.82. The molecule has 0 fully saturated rings. The number of rotatable bonds is 6. The molecule has 12 heteroatoms. The summed E-state index contributed by atoms with van der Waals surface area (Å²) in [5.41, 5.74) is -2.34. The van der Waals surface area contributed by atoms with Crippen LogP contribution >= 0.6 is 34.5 Å². The van der Waals surface area contributed by atoms with E-state index in [2.05, 4.69) is 10.9 Å². The molecule has 0 spiro atoms. The number of nitrogens with zero attached hydrogens (tertiary/aromatic N) is 2. The number of esters is 1. The van der Waals surface area contributed by atoms with Crippen LogP contribution in [0.25, 0.3) is 6.08 Å². The van der Waals surface area contributed by atoms with Crippen LogP contribution in [0.1, 0.15) is 24.1 Å². The Kier molecular flexibility index (Phi) is 8.02. The number of hydrogen-bond donors (Lipinski definition) is 0. The molecule has 2 heterocycles. The number of halogens is 5. The summed E-state index contributed by atoms with van der Waals surface area (Å²) in [5, 5.41) is 0.652. The van der Waals surface area contributed by atoms with Crippen molar-refractivity contribution in [3.63, 3.8) is 0 Å². The van der Waals surface area contributed by atoms with Crippen LogP contribution in [-0.2, 0) is 9.53 Å². The molecule has 1 aliphatic rings. The van der Waals surface area contributed by atoms with Crippen molar-refractivity contribution in [2.45, 2.75) is 19.1 Å². The maximum atomic E-state index is 14.2. The molecule has 38 heavy (non-hydrogen) atoms. The van der Waals surface area contributed by atoms with Crippen LogP contribution in [0, 0.1) is 12.3 Å². The predicted octanol–water partition coefficient (Wildman–Crippen LogP) is 4.66. The van der Waals surface area contributed by atoms with Gasteiger partial charge in [-0.15, -0.1) is 6.42 Å². The number of alkyl halides is 3. The van der Waals surface area contributed by atoms with E-state index in [1.54, 1.807) is 12.1 Å². The molecule has 0 saturated carbocycles. The largest absolute Gasteiger partial charge is 0.480 e. The molecule has 196 valence electrons. The normalized spacial score (nSPS) is 15.5. The number of ether oxygens (including phenoxy) is 2. The van der Waals surface area contributed by atoms with Crippen molar-refractivity contribution in [1.29, 1.82) is 0 Å². The lowest BCUT2D eigenvalue weighted by Gasteiger charge is -2.26. The number of allylic oxidation sites excluding steroid dienone is 1. The Bertz CT molecular complexity index is 1650. The maximum absolute atomic E-state index is 14.2. The highest BCUT2D eigenvalue weighted by Gasteiger charge is 2.45. The SMILES string of the molecule is C#CCOc1ccc(Cl)cc1/C=c1\sc2n(c1=O)[C@@H](c1ccc(Cl)cc1)C(C(=O)OCC)=C(C(F)(F)F)N=2. The van der Waals surface area contributed by atoms with Crippen molar-refractivity contribution in [3.05, 3.63) is 94.6 Å². The van der Waals surface area contributed by atoms with Gasteiger partial charge in [-0.25, -0.2) is 9.79 Å². The van der Waals surface area contributed by atoms with Crippen LogP contribution in [0.2, 0.25) is 10.0 Å². The number of benzene rings is 2. The van der Waals surface area contributed by atoms with Gasteiger partial charge in [0.05, 0.1) is 22.8 Å². The predicted molar refractivity (Wildman–Crippen MR) is 138 cm³/mol. The van der Waals surface area contributed by atoms with E-state index >= 15 is 0 Å². The standard InChI is InChI=1S/C26H17Cl2F3N2O4S/c1-3-11-37-18-10-9-17(28)12-15(18)13-19-23(34)33-21(14-5-7-16(27)8-6-14)20(24(35)36-4-2)22(26(29,30)31)32-25(33)38-19/h1,5-10,12-13,21H,4,11H2,2H3/b19-13-/t21-/m0/s1. The highest BCUT2D eigenvalue weighted by atomic mass is 35.5. The van der Waals surface area contributed by atoms with Crippen molar-refractivity contribution >= 4 is 46.6 Å². The first kappa shape index (κ1) is 27.5. The van der Waals surface area contributed by atoms with Crippen LogP contribution in [-0.4, -0.2) is 29.9 Å². The zero-order chi connectivity index (χ0) is 27.6. The molecule has 6 nitrogen and oxygen atoms in total. The zero-order valence-electron chi connectivity index (χ0n) is 19.5. The first-order valence-electron chi connectivity index (χ1n) is 11.0. The van der Waals surface area contributed by atoms with E-state index in [9.17, 15) is 22.8 Å². The third-order valence-electron chi connectivity index (χ3n) is 5.35. The number of carbonyl (C=O) groups is 1. The van der Waals surface area contributed by atoms with Crippen molar-refractivity contribution in [1.82, 2.24) is 4.57 Å². The van der Waals surface area contributed by atoms with Crippen molar-refractivity contribution < 1.29 is 27.4 Å². The molecule has 0 radical (unpaired) electrons. The first-order chi connectivity index (χ1) is 18.0. The van der Waals surface area contributed by atoms with Crippen LogP contribution in [0.15, 0.2) is 63.5 Å². The Morgan fingerprint density at radius 3 is 2.53 bits per heavy atom. The lowest BCUT2D eigenvalue weighted by atomic mass is 9.95. The van der Waals surface area contributed by atoms with E-state index in [4.69, 9.17) is 39.1 Å². The highest BCUT2D eigenvalue weighted by Crippen LogP contribution is 2.38. The molecule has 0 saturated heterocycles. The summed E-state index contributed by atoms with van der Waals surface area (Å²) in [6.45, 7) is 1.22. The fourth-order valence-electron chi connectivity index (χ4n) is 3.83. The van der Waals surface area contributed by atoms with Crippen LogP contribution in [0.3, 0.4) is 0 Å². The Hall–Kier alpha value is -3.52. The number of fused-ring (bicyclic) bond motifs is 1. The summed E-state index contributed by atoms with van der Waals surface area (Å²) >= 11 is 12.8. The van der Waals surface area contributed by atoms with Gasteiger partial charge in [-0.05, 0) is 48.9 Å². The number of hydrogen-bond acceptors (Lipinski definition) is 6. The highest BCUT2D eigenvalue weighted by molar-refractivity contribution is 7.07. The average Bonchev–Trinajstić information content (AvgIpc) is 3.17. The molecule has 0 N–H and O–H groups in total. The van der Waals surface area contributed by atoms with Crippen molar-refractivity contribution in [2.75, 3.05) is 13.2 Å². The average molecular weight is 581 g/mol. The third kappa shape index (κ3) is 5.50. The van der Waals surface area contributed by atoms with Crippen molar-refractivity contribution in [2.24, 2.45) is 4.99 Å². The smallest absolute Gasteiger partial charge is 0.434 e. The van der Waals surface area contributed by atoms with Gasteiger partial charge in [-0.2, -0.15) is 13.2 Å². The van der Waals surface area contributed by atoms with Crippen LogP contribution < -0.4 is 19.6 Å². The van der Waals surface area contributed by atoms with E-state index in [1.165, 1.54) is 43.3 Å². The van der Waals surface area contributed by atoms with E-state index < -0.39 is 35.0 Å². The Morgan fingerprint density at radius 2 is 1.89 bits per heavy atom. The summed E-state index contributed by atoms with van der Waals surface area (Å²) in [6.07, 6.45) is 1.68. The molecule has 1 aromatic heterocycles. The molecule has 2 aromatic carbocycles. The van der Waals surface area contributed by atoms with Gasteiger partial charge in [-0.1, -0.05) is 52.6 Å². The molecule has 1 atom stereocenters. The number of thiazole rings is 1. The molecule has 4 rings (SSSR count). The summed E-state index contributed by atoms with van der Waals surface area (Å²) in [7, 11) is 0. The van der Waals surface area contributed by atoms with Crippen LogP contribution in [0.4, 0.5) is 13.2 Å². The van der Waals surface area contributed by atoms with Gasteiger partial charge in [0.25, 0.3) is 5.56 Å². The maximum Gasteiger partial charge on any atom is 0.434 e. The summed E-state index contributed by atoms with van der Waals surface area (Å²) in [4.78, 5) is 30.0. The lowest BCUT2D eigenvalue weighted by Crippen LogP contribution is -2.41. The Labute approximate surface area is 228 Å². The molecule has 3 aromatic rings. The number of carbonyl (C=O) groups excluding carboxylic acids is 1. The fourth-order valence-corrected chi connectivity index (χ4v) is 5.12. The number of terminal acetylenes is 1. The van der Waals surface area contributed by atoms with Gasteiger partial charge in [0, 0.05) is 15.6 Å². The fraction of sp³-hybridized carbons (Fsp3) is 0.192. The van der Waals surface area contributed by atoms with Gasteiger partial charge >= 0.3 is 12.1 Å². The molecular weight excluding hydrogens is 564 g/mol. The van der Waals surface area contributed by atoms with Gasteiger partial charge < -0.3 is 9.47 Å². The van der Waals surface area contributed by atoms with Gasteiger partial charge in [0.15, 0.2) is 10.5 Å². The summed E-state index contributed by atoms with van der Waals surface area (Å²) in [6, 6.07) is 8.93. The molecule has 0 bridgehead atoms. The summed E-state index contributed by atoms with van der Waals surface area (Å²) < 4.78 is 54.1. The topological polar surface area (TPSA) is 69.9 Å². The molecule has 1 aliphatic heterocycles. The monoisotopic (exact) mass is 580 g/mol. The van der Waals surface area contributed by atoms with E-state index in [0.29, 0.717) is 21.4 Å². The van der Waals surface area contributed by atoms with Gasteiger partial charge in [-0.3, -0.25) is 9.36 Å². The molecular formula is C26H17Cl2F3N2O4S. The Morgan fingerprint density at radius 1 is 1.21 bits per heavy atom. The first-order valence-corrected chi connectivity index (χ1v) is 12.5. The minimum absolute atomic E-state index is 0.0298. The lowest BCUT2D eigenvalue weighted by molar-refractivity contribution is -0.140. The second kappa shape index (κ2) is 11.1. The van der Waals surface area contributed by atoms with E-state index in [1.807, 2.05) is 0 Å². The zero-order valence-corrected chi connectivity index (χ0v) is 21.8. The molecule has 0 amide bonds. The quantitative estimate of drug-likeness (QED) is 0.314. The number of aromatic nitrogens is 1. The minimum atomic E-state index is -5.01.